The molecular formula is C25H21ClN2O3S. The maximum Gasteiger partial charge on any atom is 0.309 e. The number of carboxylic acid groups (broad SMARTS) is 1. The van der Waals surface area contributed by atoms with Crippen molar-refractivity contribution in [1.82, 2.24) is 4.98 Å². The van der Waals surface area contributed by atoms with E-state index in [1.54, 1.807) is 37.3 Å². The molecule has 0 saturated heterocycles. The Hall–Kier alpha value is -3.22. The molecule has 4 rings (SSSR count). The molecule has 0 bridgehead atoms. The number of aromatic nitrogens is 1. The number of carboxylic acids is 1. The van der Waals surface area contributed by atoms with E-state index in [0.717, 1.165) is 32.2 Å². The van der Waals surface area contributed by atoms with Crippen molar-refractivity contribution in [1.29, 1.82) is 0 Å². The molecule has 0 aliphatic rings. The fourth-order valence-electron chi connectivity index (χ4n) is 3.27. The van der Waals surface area contributed by atoms with Gasteiger partial charge in [-0.15, -0.1) is 0 Å². The lowest BCUT2D eigenvalue weighted by Gasteiger charge is -2.17. The zero-order valence-corrected chi connectivity index (χ0v) is 19.1. The van der Waals surface area contributed by atoms with Crippen LogP contribution >= 0.6 is 22.9 Å². The van der Waals surface area contributed by atoms with E-state index in [-0.39, 0.29) is 12.2 Å². The minimum Gasteiger partial charge on any atom is -0.481 e. The number of para-hydroxylation sites is 1. The van der Waals surface area contributed by atoms with Gasteiger partial charge in [0.25, 0.3) is 0 Å². The maximum atomic E-state index is 12.4. The average molecular weight is 465 g/mol. The summed E-state index contributed by atoms with van der Waals surface area (Å²) in [5, 5.41) is 13.9. The van der Waals surface area contributed by atoms with Crippen molar-refractivity contribution >= 4 is 55.7 Å². The topological polar surface area (TPSA) is 79.3 Å². The van der Waals surface area contributed by atoms with E-state index >= 15 is 0 Å². The van der Waals surface area contributed by atoms with Gasteiger partial charge in [0.05, 0.1) is 15.1 Å². The molecule has 0 aliphatic carbocycles. The molecule has 1 heterocycles. The first kappa shape index (κ1) is 22.0. The zero-order chi connectivity index (χ0) is 22.9. The molecule has 0 radical (unpaired) electrons. The van der Waals surface area contributed by atoms with Crippen molar-refractivity contribution in [2.75, 3.05) is 5.32 Å². The van der Waals surface area contributed by atoms with Crippen LogP contribution in [-0.2, 0) is 4.79 Å². The van der Waals surface area contributed by atoms with Crippen molar-refractivity contribution in [2.45, 2.75) is 20.3 Å². The summed E-state index contributed by atoms with van der Waals surface area (Å²) < 4.78 is 1.03. The molecule has 7 heteroatoms. The molecule has 162 valence electrons. The number of benzene rings is 3. The van der Waals surface area contributed by atoms with E-state index in [0.29, 0.717) is 10.6 Å². The molecule has 0 amide bonds. The normalized spacial score (nSPS) is 11.5. The highest BCUT2D eigenvalue weighted by molar-refractivity contribution is 7.22. The van der Waals surface area contributed by atoms with Crippen LogP contribution in [0.15, 0.2) is 66.7 Å². The lowest BCUT2D eigenvalue weighted by Crippen LogP contribution is -2.26. The molecule has 0 aliphatic heterocycles. The zero-order valence-electron chi connectivity index (χ0n) is 17.6. The lowest BCUT2D eigenvalue weighted by atomic mass is 9.85. The standard InChI is InChI=1S/C25H21ClN2O3S/c1-25(2,23(30)31)14-20(29)17-8-6-15(7-9-17)16-10-12-18(13-11-16)27-24-28-22-19(26)4-3-5-21(22)32-24/h3-13H,14H2,1-2H3,(H,27,28)(H,30,31). The highest BCUT2D eigenvalue weighted by Gasteiger charge is 2.30. The third kappa shape index (κ3) is 4.66. The van der Waals surface area contributed by atoms with Gasteiger partial charge in [0.1, 0.15) is 5.52 Å². The van der Waals surface area contributed by atoms with Crippen LogP contribution in [-0.4, -0.2) is 21.8 Å². The van der Waals surface area contributed by atoms with E-state index in [1.807, 2.05) is 54.6 Å². The summed E-state index contributed by atoms with van der Waals surface area (Å²) in [6, 6.07) is 20.9. The van der Waals surface area contributed by atoms with Crippen molar-refractivity contribution in [2.24, 2.45) is 5.41 Å². The number of aliphatic carboxylic acids is 1. The summed E-state index contributed by atoms with van der Waals surface area (Å²) in [6.45, 7) is 3.11. The van der Waals surface area contributed by atoms with Crippen molar-refractivity contribution in [3.05, 3.63) is 77.3 Å². The predicted octanol–water partition coefficient (Wildman–Crippen LogP) is 7.04. The Bertz CT molecular complexity index is 1300. The smallest absolute Gasteiger partial charge is 0.309 e. The van der Waals surface area contributed by atoms with Crippen LogP contribution in [0.2, 0.25) is 5.02 Å². The van der Waals surface area contributed by atoms with E-state index in [2.05, 4.69) is 10.3 Å². The number of nitrogens with one attached hydrogen (secondary N) is 1. The van der Waals surface area contributed by atoms with E-state index in [1.165, 1.54) is 0 Å². The number of carbonyl (C=O) groups excluding carboxylic acids is 1. The predicted molar refractivity (Wildman–Crippen MR) is 130 cm³/mol. The number of nitrogens with zero attached hydrogens (tertiary/aromatic N) is 1. The Morgan fingerprint density at radius 3 is 2.22 bits per heavy atom. The second-order valence-corrected chi connectivity index (χ2v) is 9.61. The Labute approximate surface area is 194 Å². The number of thiazole rings is 1. The number of fused-ring (bicyclic) bond motifs is 1. The number of carbonyl (C=O) groups is 2. The highest BCUT2D eigenvalue weighted by atomic mass is 35.5. The molecule has 0 spiro atoms. The first-order chi connectivity index (χ1) is 15.2. The van der Waals surface area contributed by atoms with Crippen molar-refractivity contribution in [3.8, 4) is 11.1 Å². The van der Waals surface area contributed by atoms with Gasteiger partial charge >= 0.3 is 5.97 Å². The molecule has 0 saturated carbocycles. The molecule has 0 atom stereocenters. The van der Waals surface area contributed by atoms with E-state index in [4.69, 9.17) is 11.6 Å². The molecule has 1 aromatic heterocycles. The Balaban J connectivity index is 1.46. The van der Waals surface area contributed by atoms with Crippen LogP contribution in [0.3, 0.4) is 0 Å². The van der Waals surface area contributed by atoms with Gasteiger partial charge in [0, 0.05) is 17.7 Å². The second-order valence-electron chi connectivity index (χ2n) is 8.17. The summed E-state index contributed by atoms with van der Waals surface area (Å²) >= 11 is 7.75. The number of hydrogen-bond acceptors (Lipinski definition) is 5. The Morgan fingerprint density at radius 2 is 1.62 bits per heavy atom. The summed E-state index contributed by atoms with van der Waals surface area (Å²) in [5.74, 6) is -1.16. The van der Waals surface area contributed by atoms with E-state index < -0.39 is 11.4 Å². The summed E-state index contributed by atoms with van der Waals surface area (Å²) in [7, 11) is 0. The minimum absolute atomic E-state index is 0.0426. The number of hydrogen-bond donors (Lipinski definition) is 2. The summed E-state index contributed by atoms with van der Waals surface area (Å²) in [6.07, 6.45) is -0.0426. The fourth-order valence-corrected chi connectivity index (χ4v) is 4.45. The number of ketones is 1. The van der Waals surface area contributed by atoms with Gasteiger partial charge in [-0.25, -0.2) is 4.98 Å². The summed E-state index contributed by atoms with van der Waals surface area (Å²) in [4.78, 5) is 28.3. The van der Waals surface area contributed by atoms with Gasteiger partial charge in [-0.05, 0) is 49.2 Å². The second kappa shape index (κ2) is 8.73. The fraction of sp³-hybridized carbons (Fsp3) is 0.160. The van der Waals surface area contributed by atoms with Gasteiger partial charge in [0.2, 0.25) is 0 Å². The van der Waals surface area contributed by atoms with E-state index in [9.17, 15) is 14.7 Å². The Morgan fingerprint density at radius 1 is 1.00 bits per heavy atom. The summed E-state index contributed by atoms with van der Waals surface area (Å²) in [5.41, 5.74) is 3.10. The Kier molecular flexibility index (Phi) is 6.00. The average Bonchev–Trinajstić information content (AvgIpc) is 3.18. The van der Waals surface area contributed by atoms with Crippen LogP contribution in [0, 0.1) is 5.41 Å². The van der Waals surface area contributed by atoms with Gasteiger partial charge < -0.3 is 10.4 Å². The first-order valence-corrected chi connectivity index (χ1v) is 11.2. The van der Waals surface area contributed by atoms with Crippen molar-refractivity contribution in [3.63, 3.8) is 0 Å². The van der Waals surface area contributed by atoms with Crippen LogP contribution in [0.4, 0.5) is 10.8 Å². The molecule has 5 nitrogen and oxygen atoms in total. The number of rotatable bonds is 7. The molecule has 2 N–H and O–H groups in total. The van der Waals surface area contributed by atoms with Crippen molar-refractivity contribution < 1.29 is 14.7 Å². The monoisotopic (exact) mass is 464 g/mol. The highest BCUT2D eigenvalue weighted by Crippen LogP contribution is 2.33. The number of Topliss-reactive ketones (excluding diaryl/α,β-unsaturated/α-hetero) is 1. The molecule has 3 aromatic carbocycles. The lowest BCUT2D eigenvalue weighted by molar-refractivity contribution is -0.146. The third-order valence-corrected chi connectivity index (χ3v) is 6.47. The number of halogens is 1. The first-order valence-electron chi connectivity index (χ1n) is 10.0. The van der Waals surface area contributed by atoms with Crippen LogP contribution in [0.1, 0.15) is 30.6 Å². The molecule has 0 fully saturated rings. The third-order valence-electron chi connectivity index (χ3n) is 5.23. The van der Waals surface area contributed by atoms with Gasteiger partial charge in [-0.3, -0.25) is 9.59 Å². The van der Waals surface area contributed by atoms with Crippen LogP contribution in [0.5, 0.6) is 0 Å². The minimum atomic E-state index is -1.09. The quantitative estimate of drug-likeness (QED) is 0.286. The maximum absolute atomic E-state index is 12.4. The van der Waals surface area contributed by atoms with Gasteiger partial charge in [0.15, 0.2) is 10.9 Å². The largest absolute Gasteiger partial charge is 0.481 e. The van der Waals surface area contributed by atoms with Gasteiger partial charge in [-0.2, -0.15) is 0 Å². The molecule has 0 unspecified atom stereocenters. The SMILES string of the molecule is CC(C)(CC(=O)c1ccc(-c2ccc(Nc3nc4c(Cl)cccc4s3)cc2)cc1)C(=O)O. The molecule has 4 aromatic rings. The molecular weight excluding hydrogens is 444 g/mol. The molecule has 32 heavy (non-hydrogen) atoms. The van der Waals surface area contributed by atoms with Crippen LogP contribution in [0.25, 0.3) is 21.3 Å². The number of anilines is 2. The van der Waals surface area contributed by atoms with Crippen LogP contribution < -0.4 is 5.32 Å². The van der Waals surface area contributed by atoms with Gasteiger partial charge in [-0.1, -0.05) is 65.4 Å².